The van der Waals surface area contributed by atoms with Gasteiger partial charge in [-0.25, -0.2) is 0 Å². The number of hydrogen-bond donors (Lipinski definition) is 1. The van der Waals surface area contributed by atoms with Crippen LogP contribution >= 0.6 is 0 Å². The molecule has 3 nitrogen and oxygen atoms in total. The van der Waals surface area contributed by atoms with Crippen molar-refractivity contribution in [1.82, 2.24) is 5.32 Å². The maximum absolute atomic E-state index is 12.0. The van der Waals surface area contributed by atoms with Gasteiger partial charge in [0.05, 0.1) is 12.9 Å². The minimum atomic E-state index is -0.810. The normalized spacial score (nSPS) is 14.0. The summed E-state index contributed by atoms with van der Waals surface area (Å²) in [5.41, 5.74) is 2.27. The second-order valence-corrected chi connectivity index (χ2v) is 6.61. The smallest absolute Gasteiger partial charge is 0.123 e. The summed E-state index contributed by atoms with van der Waals surface area (Å²) >= 11 is 0. The van der Waals surface area contributed by atoms with Gasteiger partial charge in [0.15, 0.2) is 0 Å². The first kappa shape index (κ1) is 17.2. The standard InChI is InChI=1S/C16H27NO2S/c1-5-9-17-13(3)14-7-8-16(19-4)15(11-14)12-20(18)10-6-2/h7-8,11,13,17H,5-6,9-10,12H2,1-4H3. The SMILES string of the molecule is CCCNC(C)c1ccc(OC)c(CS(=O)CCC)c1. The summed E-state index contributed by atoms with van der Waals surface area (Å²) < 4.78 is 17.4. The fourth-order valence-corrected chi connectivity index (χ4v) is 3.30. The molecule has 0 amide bonds. The largest absolute Gasteiger partial charge is 0.496 e. The third-order valence-corrected chi connectivity index (χ3v) is 4.75. The van der Waals surface area contributed by atoms with Crippen molar-refractivity contribution >= 4 is 10.8 Å². The average Bonchev–Trinajstić information content (AvgIpc) is 2.44. The lowest BCUT2D eigenvalue weighted by atomic mass is 10.0. The van der Waals surface area contributed by atoms with E-state index in [1.807, 2.05) is 6.07 Å². The zero-order chi connectivity index (χ0) is 15.0. The third-order valence-electron chi connectivity index (χ3n) is 3.25. The number of nitrogens with one attached hydrogen (secondary N) is 1. The Morgan fingerprint density at radius 1 is 1.30 bits per heavy atom. The van der Waals surface area contributed by atoms with Gasteiger partial charge in [-0.3, -0.25) is 4.21 Å². The van der Waals surface area contributed by atoms with Crippen LogP contribution in [0.2, 0.25) is 0 Å². The first-order valence-electron chi connectivity index (χ1n) is 7.37. The Bertz CT molecular complexity index is 434. The molecule has 20 heavy (non-hydrogen) atoms. The molecule has 0 bridgehead atoms. The number of methoxy groups -OCH3 is 1. The Kier molecular flexibility index (Phi) is 7.85. The van der Waals surface area contributed by atoms with E-state index in [-0.39, 0.29) is 0 Å². The van der Waals surface area contributed by atoms with E-state index in [1.54, 1.807) is 7.11 Å². The van der Waals surface area contributed by atoms with Crippen LogP contribution in [-0.4, -0.2) is 23.6 Å². The monoisotopic (exact) mass is 297 g/mol. The summed E-state index contributed by atoms with van der Waals surface area (Å²) in [6.45, 7) is 7.38. The molecule has 0 aliphatic heterocycles. The zero-order valence-corrected chi connectivity index (χ0v) is 13.9. The minimum absolute atomic E-state index is 0.305. The van der Waals surface area contributed by atoms with Crippen molar-refractivity contribution in [3.05, 3.63) is 29.3 Å². The number of hydrogen-bond acceptors (Lipinski definition) is 3. The molecule has 1 aromatic rings. The Hall–Kier alpha value is -0.870. The van der Waals surface area contributed by atoms with E-state index in [2.05, 4.69) is 38.2 Å². The molecular weight excluding hydrogens is 270 g/mol. The Balaban J connectivity index is 2.87. The summed E-state index contributed by atoms with van der Waals surface area (Å²) in [5, 5.41) is 3.48. The molecular formula is C16H27NO2S. The van der Waals surface area contributed by atoms with Crippen LogP contribution in [0.15, 0.2) is 18.2 Å². The van der Waals surface area contributed by atoms with Crippen molar-refractivity contribution in [3.8, 4) is 5.75 Å². The molecule has 0 saturated carbocycles. The van der Waals surface area contributed by atoms with E-state index in [0.29, 0.717) is 11.8 Å². The molecule has 2 unspecified atom stereocenters. The molecule has 0 saturated heterocycles. The molecule has 0 radical (unpaired) electrons. The zero-order valence-electron chi connectivity index (χ0n) is 13.1. The third kappa shape index (κ3) is 5.25. The van der Waals surface area contributed by atoms with Crippen molar-refractivity contribution in [1.29, 1.82) is 0 Å². The first-order valence-corrected chi connectivity index (χ1v) is 8.86. The quantitative estimate of drug-likeness (QED) is 0.759. The van der Waals surface area contributed by atoms with Gasteiger partial charge in [-0.2, -0.15) is 0 Å². The maximum atomic E-state index is 12.0. The fraction of sp³-hybridized carbons (Fsp3) is 0.625. The molecule has 2 atom stereocenters. The maximum Gasteiger partial charge on any atom is 0.123 e. The van der Waals surface area contributed by atoms with E-state index >= 15 is 0 Å². The molecule has 114 valence electrons. The number of benzene rings is 1. The van der Waals surface area contributed by atoms with Crippen LogP contribution in [0.1, 0.15) is 50.8 Å². The summed E-state index contributed by atoms with van der Waals surface area (Å²) in [5.74, 6) is 2.16. The van der Waals surface area contributed by atoms with Crippen LogP contribution in [0, 0.1) is 0 Å². The molecule has 1 aromatic carbocycles. The average molecular weight is 297 g/mol. The highest BCUT2D eigenvalue weighted by Gasteiger charge is 2.11. The summed E-state index contributed by atoms with van der Waals surface area (Å²) in [6.07, 6.45) is 2.07. The van der Waals surface area contributed by atoms with Gasteiger partial charge in [0.2, 0.25) is 0 Å². The van der Waals surface area contributed by atoms with Crippen LogP contribution in [0.3, 0.4) is 0 Å². The molecule has 4 heteroatoms. The minimum Gasteiger partial charge on any atom is -0.496 e. The second kappa shape index (κ2) is 9.14. The molecule has 1 N–H and O–H groups in total. The van der Waals surface area contributed by atoms with Gasteiger partial charge < -0.3 is 10.1 Å². The van der Waals surface area contributed by atoms with Gasteiger partial charge in [0.25, 0.3) is 0 Å². The lowest BCUT2D eigenvalue weighted by Gasteiger charge is -2.16. The second-order valence-electron chi connectivity index (χ2n) is 5.04. The predicted octanol–water partition coefficient (Wildman–Crippen LogP) is 3.41. The van der Waals surface area contributed by atoms with E-state index in [4.69, 9.17) is 4.74 Å². The van der Waals surface area contributed by atoms with E-state index < -0.39 is 10.8 Å². The van der Waals surface area contributed by atoms with Crippen LogP contribution in [0.25, 0.3) is 0 Å². The lowest BCUT2D eigenvalue weighted by molar-refractivity contribution is 0.410. The van der Waals surface area contributed by atoms with Gasteiger partial charge >= 0.3 is 0 Å². The molecule has 0 heterocycles. The van der Waals surface area contributed by atoms with Crippen LogP contribution in [0.5, 0.6) is 5.75 Å². The Morgan fingerprint density at radius 2 is 2.05 bits per heavy atom. The topological polar surface area (TPSA) is 38.3 Å². The summed E-state index contributed by atoms with van der Waals surface area (Å²) in [7, 11) is 0.857. The highest BCUT2D eigenvalue weighted by molar-refractivity contribution is 7.84. The van der Waals surface area contributed by atoms with Gasteiger partial charge in [0, 0.05) is 28.2 Å². The molecule has 0 aliphatic carbocycles. The lowest BCUT2D eigenvalue weighted by Crippen LogP contribution is -2.19. The first-order chi connectivity index (χ1) is 9.62. The van der Waals surface area contributed by atoms with Crippen LogP contribution < -0.4 is 10.1 Å². The fourth-order valence-electron chi connectivity index (χ4n) is 2.13. The number of rotatable bonds is 9. The van der Waals surface area contributed by atoms with Crippen molar-refractivity contribution < 1.29 is 8.95 Å². The van der Waals surface area contributed by atoms with Gasteiger partial charge in [0.1, 0.15) is 5.75 Å². The Labute approximate surface area is 125 Å². The highest BCUT2D eigenvalue weighted by Crippen LogP contribution is 2.24. The van der Waals surface area contributed by atoms with Crippen molar-refractivity contribution in [2.75, 3.05) is 19.4 Å². The van der Waals surface area contributed by atoms with E-state index in [0.717, 1.165) is 36.5 Å². The van der Waals surface area contributed by atoms with E-state index in [1.165, 1.54) is 5.56 Å². The molecule has 0 aromatic heterocycles. The van der Waals surface area contributed by atoms with E-state index in [9.17, 15) is 4.21 Å². The summed E-state index contributed by atoms with van der Waals surface area (Å²) in [6, 6.07) is 6.50. The van der Waals surface area contributed by atoms with Gasteiger partial charge in [-0.05, 0) is 44.0 Å². The van der Waals surface area contributed by atoms with Gasteiger partial charge in [-0.1, -0.05) is 19.9 Å². The molecule has 0 aliphatic rings. The van der Waals surface area contributed by atoms with Crippen molar-refractivity contribution in [2.45, 2.75) is 45.4 Å². The van der Waals surface area contributed by atoms with Crippen LogP contribution in [-0.2, 0) is 16.6 Å². The van der Waals surface area contributed by atoms with Gasteiger partial charge in [-0.15, -0.1) is 0 Å². The Morgan fingerprint density at radius 3 is 2.65 bits per heavy atom. The molecule has 1 rings (SSSR count). The molecule has 0 fully saturated rings. The highest BCUT2D eigenvalue weighted by atomic mass is 32.2. The van der Waals surface area contributed by atoms with Crippen molar-refractivity contribution in [2.24, 2.45) is 0 Å². The molecule has 0 spiro atoms. The number of ether oxygens (including phenoxy) is 1. The van der Waals surface area contributed by atoms with Crippen molar-refractivity contribution in [3.63, 3.8) is 0 Å². The summed E-state index contributed by atoms with van der Waals surface area (Å²) in [4.78, 5) is 0. The van der Waals surface area contributed by atoms with Crippen LogP contribution in [0.4, 0.5) is 0 Å². The predicted molar refractivity (Wildman–Crippen MR) is 86.7 cm³/mol.